The Morgan fingerprint density at radius 3 is 1.86 bits per heavy atom. The highest BCUT2D eigenvalue weighted by atomic mass is 19.4. The number of alkyl halides is 6. The summed E-state index contributed by atoms with van der Waals surface area (Å²) in [5, 5.41) is 18.8. The molecule has 2 atom stereocenters. The van der Waals surface area contributed by atoms with Gasteiger partial charge in [-0.25, -0.2) is 4.79 Å². The largest absolute Gasteiger partial charge is 0.502 e. The highest BCUT2D eigenvalue weighted by molar-refractivity contribution is 5.85. The van der Waals surface area contributed by atoms with Gasteiger partial charge < -0.3 is 19.7 Å². The van der Waals surface area contributed by atoms with Crippen molar-refractivity contribution in [1.29, 1.82) is 0 Å². The summed E-state index contributed by atoms with van der Waals surface area (Å²) in [6.45, 7) is 6.51. The van der Waals surface area contributed by atoms with Gasteiger partial charge in [-0.3, -0.25) is 0 Å². The maximum absolute atomic E-state index is 13.2. The van der Waals surface area contributed by atoms with Gasteiger partial charge in [-0.1, -0.05) is 0 Å². The van der Waals surface area contributed by atoms with Crippen LogP contribution in [0.15, 0.2) is 12.3 Å². The summed E-state index contributed by atoms with van der Waals surface area (Å²) in [5.41, 5.74) is -9.90. The van der Waals surface area contributed by atoms with E-state index in [0.717, 1.165) is 0 Å². The molecule has 0 aromatic carbocycles. The van der Waals surface area contributed by atoms with Crippen LogP contribution in [0.5, 0.6) is 0 Å². The summed E-state index contributed by atoms with van der Waals surface area (Å²) in [6.07, 6.45) is -12.0. The Morgan fingerprint density at radius 1 is 1.00 bits per heavy atom. The molecule has 2 unspecified atom stereocenters. The number of esters is 1. The molecule has 1 aliphatic rings. The number of hydrogen-bond acceptors (Lipinski definition) is 5. The van der Waals surface area contributed by atoms with E-state index in [2.05, 4.69) is 6.58 Å². The van der Waals surface area contributed by atoms with E-state index in [4.69, 9.17) is 14.6 Å². The predicted molar refractivity (Wildman–Crippen MR) is 85.3 cm³/mol. The summed E-state index contributed by atoms with van der Waals surface area (Å²) in [7, 11) is 0. The van der Waals surface area contributed by atoms with E-state index in [1.807, 2.05) is 0 Å². The number of carbonyl (C=O) groups excluding carboxylic acids is 1. The van der Waals surface area contributed by atoms with Crippen LogP contribution in [-0.4, -0.2) is 51.4 Å². The quantitative estimate of drug-likeness (QED) is 0.290. The Kier molecular flexibility index (Phi) is 6.49. The van der Waals surface area contributed by atoms with Crippen LogP contribution in [0.4, 0.5) is 26.3 Å². The predicted octanol–water partition coefficient (Wildman–Crippen LogP) is 4.20. The molecule has 0 bridgehead atoms. The van der Waals surface area contributed by atoms with E-state index in [-0.39, 0.29) is 12.8 Å². The number of rotatable bonds is 6. The number of carbonyl (C=O) groups is 1. The lowest BCUT2D eigenvalue weighted by Crippen LogP contribution is -2.71. The molecule has 28 heavy (non-hydrogen) atoms. The fraction of sp³-hybridized carbons (Fsp3) is 0.824. The van der Waals surface area contributed by atoms with Crippen molar-refractivity contribution < 1.29 is 50.8 Å². The first-order valence-corrected chi connectivity index (χ1v) is 8.43. The number of aliphatic hydroxyl groups excluding tert-OH is 1. The van der Waals surface area contributed by atoms with Crippen molar-refractivity contribution >= 4 is 5.97 Å². The lowest BCUT2D eigenvalue weighted by Gasteiger charge is -2.49. The molecule has 1 fully saturated rings. The Hall–Kier alpha value is -1.49. The van der Waals surface area contributed by atoms with E-state index < -0.39 is 52.9 Å². The molecule has 164 valence electrons. The fourth-order valence-electron chi connectivity index (χ4n) is 3.72. The summed E-state index contributed by atoms with van der Waals surface area (Å²) >= 11 is 0. The summed E-state index contributed by atoms with van der Waals surface area (Å²) in [5.74, 6) is -2.80. The van der Waals surface area contributed by atoms with Crippen LogP contribution < -0.4 is 0 Å². The van der Waals surface area contributed by atoms with Gasteiger partial charge in [0.25, 0.3) is 5.60 Å². The van der Waals surface area contributed by atoms with E-state index in [9.17, 15) is 36.2 Å². The molecule has 0 amide bonds. The molecule has 0 saturated heterocycles. The molecule has 1 saturated carbocycles. The molecule has 1 rings (SSSR count). The molecule has 0 aromatic rings. The van der Waals surface area contributed by atoms with Gasteiger partial charge in [0.05, 0.1) is 5.60 Å². The third kappa shape index (κ3) is 4.40. The second-order valence-corrected chi connectivity index (χ2v) is 7.85. The number of aliphatic hydroxyl groups is 2. The zero-order valence-corrected chi connectivity index (χ0v) is 15.9. The molecule has 0 heterocycles. The monoisotopic (exact) mass is 422 g/mol. The van der Waals surface area contributed by atoms with Gasteiger partial charge in [0, 0.05) is 5.92 Å². The lowest BCUT2D eigenvalue weighted by atomic mass is 9.81. The van der Waals surface area contributed by atoms with Crippen LogP contribution in [0.3, 0.4) is 0 Å². The highest BCUT2D eigenvalue weighted by Gasteiger charge is 2.78. The Morgan fingerprint density at radius 2 is 1.46 bits per heavy atom. The first kappa shape index (κ1) is 24.5. The van der Waals surface area contributed by atoms with Gasteiger partial charge in [0.2, 0.25) is 0 Å². The van der Waals surface area contributed by atoms with Crippen LogP contribution in [0.1, 0.15) is 47.0 Å². The van der Waals surface area contributed by atoms with Gasteiger partial charge in [-0.05, 0) is 53.5 Å². The van der Waals surface area contributed by atoms with Crippen LogP contribution in [-0.2, 0) is 14.3 Å². The molecule has 0 spiro atoms. The molecule has 0 aliphatic heterocycles. The van der Waals surface area contributed by atoms with Crippen LogP contribution in [0, 0.1) is 5.92 Å². The van der Waals surface area contributed by atoms with Gasteiger partial charge in [0.15, 0.2) is 5.76 Å². The van der Waals surface area contributed by atoms with Gasteiger partial charge in [-0.2, -0.15) is 26.3 Å². The van der Waals surface area contributed by atoms with E-state index >= 15 is 0 Å². The molecule has 0 aromatic heterocycles. The second kappa shape index (κ2) is 7.40. The van der Waals surface area contributed by atoms with Crippen molar-refractivity contribution in [3.8, 4) is 0 Å². The molecule has 5 nitrogen and oxygen atoms in total. The Balaban J connectivity index is 3.20. The van der Waals surface area contributed by atoms with Crippen molar-refractivity contribution in [3.63, 3.8) is 0 Å². The van der Waals surface area contributed by atoms with E-state index in [1.54, 1.807) is 0 Å². The number of halogens is 6. The molecular formula is C17H24F6O5. The van der Waals surface area contributed by atoms with Crippen molar-refractivity contribution in [2.45, 2.75) is 82.2 Å². The topological polar surface area (TPSA) is 76.0 Å². The molecule has 2 N–H and O–H groups in total. The van der Waals surface area contributed by atoms with Gasteiger partial charge in [-0.15, -0.1) is 0 Å². The van der Waals surface area contributed by atoms with Crippen molar-refractivity contribution in [3.05, 3.63) is 12.3 Å². The molecule has 0 radical (unpaired) electrons. The third-order valence-electron chi connectivity index (χ3n) is 5.05. The van der Waals surface area contributed by atoms with Crippen LogP contribution >= 0.6 is 0 Å². The van der Waals surface area contributed by atoms with Gasteiger partial charge in [0.1, 0.15) is 11.7 Å². The normalized spacial score (nSPS) is 22.2. The first-order chi connectivity index (χ1) is 12.3. The summed E-state index contributed by atoms with van der Waals surface area (Å²) in [4.78, 5) is 11.5. The number of ether oxygens (including phenoxy) is 2. The van der Waals surface area contributed by atoms with Crippen molar-refractivity contribution in [2.24, 2.45) is 5.92 Å². The van der Waals surface area contributed by atoms with E-state index in [0.29, 0.717) is 20.3 Å². The van der Waals surface area contributed by atoms with E-state index in [1.165, 1.54) is 13.8 Å². The zero-order valence-electron chi connectivity index (χ0n) is 15.9. The zero-order chi connectivity index (χ0) is 22.3. The minimum Gasteiger partial charge on any atom is -0.502 e. The second-order valence-electron chi connectivity index (χ2n) is 7.85. The van der Waals surface area contributed by atoms with Crippen LogP contribution in [0.25, 0.3) is 0 Å². The van der Waals surface area contributed by atoms with Crippen molar-refractivity contribution in [2.75, 3.05) is 0 Å². The SMILES string of the molecule is C=C(O)C(=O)OC1CCCC1C(C)(C)OC(C)(C)C(O)(C(F)(F)F)C(F)(F)F. The fourth-order valence-corrected chi connectivity index (χ4v) is 3.72. The molecule has 1 aliphatic carbocycles. The highest BCUT2D eigenvalue weighted by Crippen LogP contribution is 2.52. The minimum atomic E-state index is -6.05. The maximum atomic E-state index is 13.2. The van der Waals surface area contributed by atoms with Gasteiger partial charge >= 0.3 is 18.3 Å². The first-order valence-electron chi connectivity index (χ1n) is 8.43. The maximum Gasteiger partial charge on any atom is 0.429 e. The summed E-state index contributed by atoms with van der Waals surface area (Å²) < 4.78 is 89.6. The average molecular weight is 422 g/mol. The number of hydrogen-bond donors (Lipinski definition) is 2. The average Bonchev–Trinajstić information content (AvgIpc) is 2.91. The third-order valence-corrected chi connectivity index (χ3v) is 5.05. The Bertz CT molecular complexity index is 594. The molecule has 11 heteroatoms. The smallest absolute Gasteiger partial charge is 0.429 e. The van der Waals surface area contributed by atoms with Crippen LogP contribution in [0.2, 0.25) is 0 Å². The lowest BCUT2D eigenvalue weighted by molar-refractivity contribution is -0.421. The minimum absolute atomic E-state index is 0.277. The van der Waals surface area contributed by atoms with Crippen molar-refractivity contribution in [1.82, 2.24) is 0 Å². The standard InChI is InChI=1S/C17H24F6O5/c1-9(24)12(25)27-11-8-6-7-10(11)13(2,3)28-14(4,5)15(26,16(18,19)20)17(21,22)23/h10-11,24,26H,1,6-8H2,2-5H3. The summed E-state index contributed by atoms with van der Waals surface area (Å²) in [6, 6.07) is 0. The molecular weight excluding hydrogens is 398 g/mol. The Labute approximate surface area is 158 Å².